The molecule has 0 bridgehead atoms. The molecule has 0 amide bonds. The number of nitrogens with one attached hydrogen (secondary N) is 1. The Kier molecular flexibility index (Phi) is 2.86. The number of anilines is 1. The van der Waals surface area contributed by atoms with Crippen LogP contribution in [0.4, 0.5) is 5.82 Å². The molecule has 4 rings (SSSR count). The second-order valence-electron chi connectivity index (χ2n) is 5.43. The van der Waals surface area contributed by atoms with Gasteiger partial charge in [-0.3, -0.25) is 0 Å². The standard InChI is InChI=1S/C16H16N4O.H2/c21-10-11-8-20(9-11)16-13-6-7-17-15(13)18-14(19-16)12-4-2-1-3-5-12;/h1-7,11,21H,8-10H2,(H,17,18,19);1H. The predicted octanol–water partition coefficient (Wildman–Crippen LogP) is 2.30. The van der Waals surface area contributed by atoms with E-state index in [1.54, 1.807) is 0 Å². The third-order valence-corrected chi connectivity index (χ3v) is 3.94. The Hall–Kier alpha value is -2.40. The van der Waals surface area contributed by atoms with Gasteiger partial charge in [0, 0.05) is 38.8 Å². The second-order valence-corrected chi connectivity index (χ2v) is 5.43. The molecule has 21 heavy (non-hydrogen) atoms. The van der Waals surface area contributed by atoms with Crippen LogP contribution in [0.3, 0.4) is 0 Å². The van der Waals surface area contributed by atoms with Crippen molar-refractivity contribution in [2.45, 2.75) is 0 Å². The number of aliphatic hydroxyl groups excluding tert-OH is 1. The van der Waals surface area contributed by atoms with Crippen molar-refractivity contribution >= 4 is 16.9 Å². The van der Waals surface area contributed by atoms with Crippen LogP contribution >= 0.6 is 0 Å². The van der Waals surface area contributed by atoms with E-state index in [0.29, 0.717) is 5.92 Å². The van der Waals surface area contributed by atoms with Crippen LogP contribution < -0.4 is 4.90 Å². The van der Waals surface area contributed by atoms with E-state index >= 15 is 0 Å². The van der Waals surface area contributed by atoms with E-state index < -0.39 is 0 Å². The minimum atomic E-state index is 0. The zero-order valence-corrected chi connectivity index (χ0v) is 11.5. The highest BCUT2D eigenvalue weighted by molar-refractivity contribution is 5.89. The van der Waals surface area contributed by atoms with Crippen molar-refractivity contribution in [1.29, 1.82) is 0 Å². The molecule has 1 fully saturated rings. The van der Waals surface area contributed by atoms with Crippen LogP contribution in [0.1, 0.15) is 1.43 Å². The van der Waals surface area contributed by atoms with Gasteiger partial charge in [-0.15, -0.1) is 0 Å². The van der Waals surface area contributed by atoms with Crippen LogP contribution in [-0.2, 0) is 0 Å². The van der Waals surface area contributed by atoms with E-state index in [9.17, 15) is 5.11 Å². The third-order valence-electron chi connectivity index (χ3n) is 3.94. The Labute approximate surface area is 123 Å². The van der Waals surface area contributed by atoms with Crippen LogP contribution in [0.2, 0.25) is 0 Å². The lowest BCUT2D eigenvalue weighted by Crippen LogP contribution is -2.48. The minimum Gasteiger partial charge on any atom is -0.396 e. The topological polar surface area (TPSA) is 65.0 Å². The maximum absolute atomic E-state index is 9.19. The van der Waals surface area contributed by atoms with Gasteiger partial charge < -0.3 is 15.0 Å². The van der Waals surface area contributed by atoms with Gasteiger partial charge in [0.1, 0.15) is 11.5 Å². The van der Waals surface area contributed by atoms with Crippen LogP contribution in [0, 0.1) is 5.92 Å². The number of nitrogens with zero attached hydrogens (tertiary/aromatic N) is 3. The maximum atomic E-state index is 9.19. The summed E-state index contributed by atoms with van der Waals surface area (Å²) in [5.74, 6) is 2.03. The lowest BCUT2D eigenvalue weighted by molar-refractivity contribution is 0.200. The molecular formula is C16H18N4O. The number of hydrogen-bond donors (Lipinski definition) is 2. The lowest BCUT2D eigenvalue weighted by atomic mass is 10.0. The lowest BCUT2D eigenvalue weighted by Gasteiger charge is -2.39. The molecule has 1 aromatic carbocycles. The molecule has 1 saturated heterocycles. The average molecular weight is 282 g/mol. The van der Waals surface area contributed by atoms with Gasteiger partial charge in [0.2, 0.25) is 0 Å². The summed E-state index contributed by atoms with van der Waals surface area (Å²) in [6.07, 6.45) is 1.89. The van der Waals surface area contributed by atoms with Gasteiger partial charge in [-0.25, -0.2) is 9.97 Å². The van der Waals surface area contributed by atoms with E-state index in [-0.39, 0.29) is 8.03 Å². The minimum absolute atomic E-state index is 0. The van der Waals surface area contributed by atoms with Gasteiger partial charge in [0.15, 0.2) is 5.82 Å². The molecule has 5 nitrogen and oxygen atoms in total. The number of aromatic nitrogens is 3. The first-order valence-electron chi connectivity index (χ1n) is 7.11. The Morgan fingerprint density at radius 2 is 2.00 bits per heavy atom. The molecule has 0 aliphatic carbocycles. The van der Waals surface area contributed by atoms with Crippen molar-refractivity contribution in [3.8, 4) is 11.4 Å². The molecule has 1 aliphatic heterocycles. The Morgan fingerprint density at radius 1 is 1.19 bits per heavy atom. The van der Waals surface area contributed by atoms with Crippen molar-refractivity contribution < 1.29 is 6.53 Å². The van der Waals surface area contributed by atoms with E-state index in [2.05, 4.69) is 14.9 Å². The number of fused-ring (bicyclic) bond motifs is 1. The normalized spacial score (nSPS) is 15.4. The number of aromatic amines is 1. The van der Waals surface area contributed by atoms with E-state index in [1.165, 1.54) is 0 Å². The molecule has 0 radical (unpaired) electrons. The first-order chi connectivity index (χ1) is 10.3. The summed E-state index contributed by atoms with van der Waals surface area (Å²) < 4.78 is 0. The fourth-order valence-corrected chi connectivity index (χ4v) is 2.74. The van der Waals surface area contributed by atoms with Crippen LogP contribution in [0.25, 0.3) is 22.4 Å². The molecular weight excluding hydrogens is 264 g/mol. The number of benzene rings is 1. The summed E-state index contributed by atoms with van der Waals surface area (Å²) >= 11 is 0. The number of H-pyrrole nitrogens is 1. The monoisotopic (exact) mass is 282 g/mol. The maximum Gasteiger partial charge on any atom is 0.163 e. The van der Waals surface area contributed by atoms with Gasteiger partial charge in [-0.2, -0.15) is 0 Å². The molecule has 5 heteroatoms. The Bertz CT molecular complexity index is 768. The molecule has 3 aromatic rings. The summed E-state index contributed by atoms with van der Waals surface area (Å²) in [7, 11) is 0. The molecule has 0 atom stereocenters. The van der Waals surface area contributed by atoms with Crippen molar-refractivity contribution in [2.75, 3.05) is 24.6 Å². The summed E-state index contributed by atoms with van der Waals surface area (Å²) in [6, 6.07) is 12.0. The summed E-state index contributed by atoms with van der Waals surface area (Å²) in [5, 5.41) is 10.2. The van der Waals surface area contributed by atoms with Crippen LogP contribution in [0.5, 0.6) is 0 Å². The molecule has 1 aliphatic rings. The molecule has 2 N–H and O–H groups in total. The summed E-state index contributed by atoms with van der Waals surface area (Å²) in [4.78, 5) is 14.7. The largest absolute Gasteiger partial charge is 0.396 e. The van der Waals surface area contributed by atoms with Crippen LogP contribution in [0.15, 0.2) is 42.6 Å². The first-order valence-corrected chi connectivity index (χ1v) is 7.11. The van der Waals surface area contributed by atoms with Gasteiger partial charge in [0.25, 0.3) is 0 Å². The highest BCUT2D eigenvalue weighted by Crippen LogP contribution is 2.31. The zero-order valence-electron chi connectivity index (χ0n) is 11.5. The summed E-state index contributed by atoms with van der Waals surface area (Å²) in [5.41, 5.74) is 1.86. The third kappa shape index (κ3) is 2.06. The number of aliphatic hydroxyl groups is 1. The van der Waals surface area contributed by atoms with Crippen molar-refractivity contribution in [1.82, 2.24) is 15.0 Å². The smallest absolute Gasteiger partial charge is 0.163 e. The molecule has 3 heterocycles. The highest BCUT2D eigenvalue weighted by Gasteiger charge is 2.29. The van der Waals surface area contributed by atoms with Gasteiger partial charge in [-0.05, 0) is 6.07 Å². The van der Waals surface area contributed by atoms with Gasteiger partial charge in [0.05, 0.1) is 5.39 Å². The molecule has 2 aromatic heterocycles. The van der Waals surface area contributed by atoms with Crippen molar-refractivity contribution in [2.24, 2.45) is 5.92 Å². The number of rotatable bonds is 3. The predicted molar refractivity (Wildman–Crippen MR) is 84.2 cm³/mol. The average Bonchev–Trinajstić information content (AvgIpc) is 2.95. The molecule has 108 valence electrons. The Balaban J connectivity index is 0.00000144. The van der Waals surface area contributed by atoms with Gasteiger partial charge >= 0.3 is 0 Å². The molecule has 0 unspecified atom stereocenters. The van der Waals surface area contributed by atoms with E-state index in [4.69, 9.17) is 4.98 Å². The first kappa shape index (κ1) is 12.3. The molecule has 0 saturated carbocycles. The van der Waals surface area contributed by atoms with E-state index in [1.807, 2.05) is 42.6 Å². The van der Waals surface area contributed by atoms with Crippen molar-refractivity contribution in [3.05, 3.63) is 42.6 Å². The SMILES string of the molecule is OCC1CN(c2nc(-c3ccccc3)nc3[nH]ccc23)C1.[HH]. The Morgan fingerprint density at radius 3 is 2.76 bits per heavy atom. The fraction of sp³-hybridized carbons (Fsp3) is 0.250. The number of hydrogen-bond acceptors (Lipinski definition) is 4. The quantitative estimate of drug-likeness (QED) is 0.773. The highest BCUT2D eigenvalue weighted by atomic mass is 16.3. The molecule has 0 spiro atoms. The van der Waals surface area contributed by atoms with Crippen LogP contribution in [-0.4, -0.2) is 39.8 Å². The summed E-state index contributed by atoms with van der Waals surface area (Å²) in [6.45, 7) is 1.94. The zero-order chi connectivity index (χ0) is 14.2. The second kappa shape index (κ2) is 4.86. The van der Waals surface area contributed by atoms with Crippen molar-refractivity contribution in [3.63, 3.8) is 0 Å². The van der Waals surface area contributed by atoms with E-state index in [0.717, 1.165) is 41.3 Å². The fourth-order valence-electron chi connectivity index (χ4n) is 2.74. The van der Waals surface area contributed by atoms with Gasteiger partial charge in [-0.1, -0.05) is 30.3 Å².